The number of nitrogens with one attached hydrogen (secondary N) is 1. The second-order valence-electron chi connectivity index (χ2n) is 6.03. The molecule has 2 rings (SSSR count). The number of carbonyl (C=O) groups excluding carboxylic acids is 1. The number of hydrogen-bond acceptors (Lipinski definition) is 3. The van der Waals surface area contributed by atoms with Crippen LogP contribution < -0.4 is 10.1 Å². The average Bonchev–Trinajstić information content (AvgIpc) is 2.50. The molecule has 1 N–H and O–H groups in total. The minimum Gasteiger partial charge on any atom is -0.410 e. The van der Waals surface area contributed by atoms with Crippen LogP contribution in [0.2, 0.25) is 0 Å². The van der Waals surface area contributed by atoms with E-state index in [0.717, 1.165) is 11.1 Å². The summed E-state index contributed by atoms with van der Waals surface area (Å²) >= 11 is 0. The zero-order chi connectivity index (χ0) is 19.5. The van der Waals surface area contributed by atoms with Gasteiger partial charge in [-0.25, -0.2) is 9.79 Å². The highest BCUT2D eigenvalue weighted by molar-refractivity contribution is 6.00. The van der Waals surface area contributed by atoms with Crippen LogP contribution in [0.25, 0.3) is 0 Å². The molecule has 0 unspecified atom stereocenters. The van der Waals surface area contributed by atoms with Crippen LogP contribution in [0.4, 0.5) is 23.7 Å². The van der Waals surface area contributed by atoms with Gasteiger partial charge in [-0.2, -0.15) is 13.2 Å². The van der Waals surface area contributed by atoms with Crippen LogP contribution in [0.3, 0.4) is 0 Å². The highest BCUT2D eigenvalue weighted by Crippen LogP contribution is 2.28. The van der Waals surface area contributed by atoms with E-state index < -0.39 is 18.1 Å². The predicted molar refractivity (Wildman–Crippen MR) is 94.1 cm³/mol. The number of ether oxygens (including phenoxy) is 1. The molecule has 0 saturated heterocycles. The van der Waals surface area contributed by atoms with Crippen LogP contribution in [0.1, 0.15) is 22.3 Å². The Hall–Kier alpha value is -2.83. The summed E-state index contributed by atoms with van der Waals surface area (Å²) in [4.78, 5) is 15.5. The van der Waals surface area contributed by atoms with Crippen molar-refractivity contribution in [2.75, 3.05) is 0 Å². The van der Waals surface area contributed by atoms with Crippen LogP contribution in [0.15, 0.2) is 41.4 Å². The van der Waals surface area contributed by atoms with Crippen molar-refractivity contribution < 1.29 is 22.7 Å². The Morgan fingerprint density at radius 2 is 1.50 bits per heavy atom. The zero-order valence-corrected chi connectivity index (χ0v) is 14.9. The Labute approximate surface area is 149 Å². The summed E-state index contributed by atoms with van der Waals surface area (Å²) in [6.45, 7) is 7.01. The SMILES string of the molecule is Cc1ccc(OC(=O)NC(=Nc2c(C)cc(C)cc2C)C(F)(F)F)cc1. The third kappa shape index (κ3) is 5.08. The van der Waals surface area contributed by atoms with E-state index in [9.17, 15) is 18.0 Å². The average molecular weight is 364 g/mol. The van der Waals surface area contributed by atoms with Gasteiger partial charge in [-0.1, -0.05) is 35.4 Å². The van der Waals surface area contributed by atoms with E-state index in [1.165, 1.54) is 12.1 Å². The number of nitrogens with zero attached hydrogens (tertiary/aromatic N) is 1. The van der Waals surface area contributed by atoms with Gasteiger partial charge in [0.2, 0.25) is 5.84 Å². The summed E-state index contributed by atoms with van der Waals surface area (Å²) in [7, 11) is 0. The number of aryl methyl sites for hydroxylation is 4. The number of alkyl halides is 3. The van der Waals surface area contributed by atoms with Gasteiger partial charge >= 0.3 is 12.3 Å². The van der Waals surface area contributed by atoms with E-state index in [0.29, 0.717) is 11.1 Å². The number of carbonyl (C=O) groups is 1. The van der Waals surface area contributed by atoms with Crippen molar-refractivity contribution in [2.45, 2.75) is 33.9 Å². The molecule has 0 aliphatic heterocycles. The standard InChI is InChI=1S/C19H19F3N2O2/c1-11-5-7-15(8-6-11)26-18(25)24-17(19(20,21)22)23-16-13(3)9-12(2)10-14(16)4/h5-10H,1-4H3,(H,23,24,25). The van der Waals surface area contributed by atoms with Crippen LogP contribution in [0, 0.1) is 27.7 Å². The minimum absolute atomic E-state index is 0.136. The molecule has 2 aromatic rings. The van der Waals surface area contributed by atoms with Crippen LogP contribution in [-0.2, 0) is 0 Å². The minimum atomic E-state index is -4.84. The fourth-order valence-electron chi connectivity index (χ4n) is 2.46. The van der Waals surface area contributed by atoms with Crippen molar-refractivity contribution in [1.82, 2.24) is 5.32 Å². The maximum atomic E-state index is 13.3. The van der Waals surface area contributed by atoms with Crippen molar-refractivity contribution in [1.29, 1.82) is 0 Å². The van der Waals surface area contributed by atoms with Crippen molar-refractivity contribution in [3.63, 3.8) is 0 Å². The fourth-order valence-corrected chi connectivity index (χ4v) is 2.46. The van der Waals surface area contributed by atoms with Gasteiger partial charge in [0.15, 0.2) is 0 Å². The third-order valence-electron chi connectivity index (χ3n) is 3.58. The quantitative estimate of drug-likeness (QED) is 0.581. The van der Waals surface area contributed by atoms with E-state index >= 15 is 0 Å². The molecule has 0 aliphatic rings. The molecule has 0 bridgehead atoms. The third-order valence-corrected chi connectivity index (χ3v) is 3.58. The number of amidine groups is 1. The van der Waals surface area contributed by atoms with E-state index in [2.05, 4.69) is 4.99 Å². The summed E-state index contributed by atoms with van der Waals surface area (Å²) in [5.74, 6) is -1.29. The molecule has 2 aromatic carbocycles. The predicted octanol–water partition coefficient (Wildman–Crippen LogP) is 5.30. The lowest BCUT2D eigenvalue weighted by molar-refractivity contribution is -0.0614. The van der Waals surface area contributed by atoms with E-state index in [1.54, 1.807) is 43.4 Å². The second kappa shape index (κ2) is 7.59. The zero-order valence-electron chi connectivity index (χ0n) is 14.9. The summed E-state index contributed by atoms with van der Waals surface area (Å²) < 4.78 is 44.8. The molecular formula is C19H19F3N2O2. The first-order valence-corrected chi connectivity index (χ1v) is 7.85. The molecule has 0 atom stereocenters. The van der Waals surface area contributed by atoms with Crippen molar-refractivity contribution in [3.05, 3.63) is 58.7 Å². The number of benzene rings is 2. The molecule has 0 aliphatic carbocycles. The molecule has 4 nitrogen and oxygen atoms in total. The van der Waals surface area contributed by atoms with Gasteiger partial charge in [0.05, 0.1) is 5.69 Å². The van der Waals surface area contributed by atoms with E-state index in [4.69, 9.17) is 4.74 Å². The number of rotatable bonds is 2. The molecule has 1 amide bonds. The molecule has 138 valence electrons. The van der Waals surface area contributed by atoms with Crippen LogP contribution in [-0.4, -0.2) is 18.1 Å². The molecule has 0 radical (unpaired) electrons. The van der Waals surface area contributed by atoms with Gasteiger partial charge in [-0.05, 0) is 51.0 Å². The topological polar surface area (TPSA) is 50.7 Å². The van der Waals surface area contributed by atoms with Gasteiger partial charge in [-0.15, -0.1) is 0 Å². The lowest BCUT2D eigenvalue weighted by atomic mass is 10.1. The van der Waals surface area contributed by atoms with Crippen LogP contribution >= 0.6 is 0 Å². The molecule has 0 aromatic heterocycles. The summed E-state index contributed by atoms with van der Waals surface area (Å²) in [6.07, 6.45) is -6.09. The first-order valence-electron chi connectivity index (χ1n) is 7.85. The number of hydrogen-bond donors (Lipinski definition) is 1. The Balaban J connectivity index is 2.28. The largest absolute Gasteiger partial charge is 0.449 e. The number of aliphatic imine (C=N–C) groups is 1. The fraction of sp³-hybridized carbons (Fsp3) is 0.263. The van der Waals surface area contributed by atoms with Crippen molar-refractivity contribution in [2.24, 2.45) is 4.99 Å². The van der Waals surface area contributed by atoms with E-state index in [1.807, 2.05) is 13.8 Å². The van der Waals surface area contributed by atoms with Crippen molar-refractivity contribution >= 4 is 17.6 Å². The number of amides is 1. The summed E-state index contributed by atoms with van der Waals surface area (Å²) in [5.41, 5.74) is 3.18. The molecule has 0 saturated carbocycles. The molecular weight excluding hydrogens is 345 g/mol. The Kier molecular flexibility index (Phi) is 5.69. The van der Waals surface area contributed by atoms with Gasteiger partial charge in [0.1, 0.15) is 5.75 Å². The highest BCUT2D eigenvalue weighted by atomic mass is 19.4. The van der Waals surface area contributed by atoms with Gasteiger partial charge < -0.3 is 4.74 Å². The number of halogens is 3. The Morgan fingerprint density at radius 1 is 0.962 bits per heavy atom. The maximum Gasteiger partial charge on any atom is 0.449 e. The van der Waals surface area contributed by atoms with Gasteiger partial charge in [0, 0.05) is 0 Å². The lowest BCUT2D eigenvalue weighted by Crippen LogP contribution is -2.42. The van der Waals surface area contributed by atoms with Gasteiger partial charge in [0.25, 0.3) is 0 Å². The molecule has 7 heteroatoms. The molecule has 0 spiro atoms. The second-order valence-corrected chi connectivity index (χ2v) is 6.03. The van der Waals surface area contributed by atoms with E-state index in [-0.39, 0.29) is 11.4 Å². The molecule has 0 heterocycles. The van der Waals surface area contributed by atoms with Gasteiger partial charge in [-0.3, -0.25) is 5.32 Å². The van der Waals surface area contributed by atoms with Crippen LogP contribution in [0.5, 0.6) is 5.75 Å². The summed E-state index contributed by atoms with van der Waals surface area (Å²) in [5, 5.41) is 1.70. The Bertz CT molecular complexity index is 818. The lowest BCUT2D eigenvalue weighted by Gasteiger charge is -2.14. The summed E-state index contributed by atoms with van der Waals surface area (Å²) in [6, 6.07) is 9.80. The smallest absolute Gasteiger partial charge is 0.410 e. The normalized spacial score (nSPS) is 12.0. The maximum absolute atomic E-state index is 13.3. The highest BCUT2D eigenvalue weighted by Gasteiger charge is 2.38. The first-order chi connectivity index (χ1) is 12.1. The first kappa shape index (κ1) is 19.5. The van der Waals surface area contributed by atoms with Crippen molar-refractivity contribution in [3.8, 4) is 5.75 Å². The molecule has 0 fully saturated rings. The monoisotopic (exact) mass is 364 g/mol. The molecule has 26 heavy (non-hydrogen) atoms. The Morgan fingerprint density at radius 3 is 2.00 bits per heavy atom.